The first-order valence-electron chi connectivity index (χ1n) is 9.65. The van der Waals surface area contributed by atoms with Crippen LogP contribution in [-0.2, 0) is 9.59 Å². The number of amides is 2. The number of carboxylic acid groups (broad SMARTS) is 1. The summed E-state index contributed by atoms with van der Waals surface area (Å²) in [5.74, 6) is -0.244. The molecule has 0 unspecified atom stereocenters. The van der Waals surface area contributed by atoms with Crippen molar-refractivity contribution in [3.8, 4) is 0 Å². The first kappa shape index (κ1) is 23.1. The van der Waals surface area contributed by atoms with Gasteiger partial charge >= 0.3 is 0 Å². The molecule has 0 bridgehead atoms. The first-order valence-corrected chi connectivity index (χ1v) is 10.0. The zero-order chi connectivity index (χ0) is 21.4. The van der Waals surface area contributed by atoms with Crippen molar-refractivity contribution in [1.82, 2.24) is 15.1 Å². The van der Waals surface area contributed by atoms with Crippen LogP contribution in [0, 0.1) is 5.92 Å². The van der Waals surface area contributed by atoms with Gasteiger partial charge in [-0.05, 0) is 50.6 Å². The predicted octanol–water partition coefficient (Wildman–Crippen LogP) is 1.07. The lowest BCUT2D eigenvalue weighted by molar-refractivity contribution is -0.139. The molecule has 1 aliphatic heterocycles. The second-order valence-corrected chi connectivity index (χ2v) is 7.83. The molecule has 1 aromatic rings. The molecular formula is C20H28ClN3O5. The van der Waals surface area contributed by atoms with Gasteiger partial charge in [0.05, 0.1) is 12.1 Å². The summed E-state index contributed by atoms with van der Waals surface area (Å²) in [5.41, 5.74) is 0.495. The lowest BCUT2D eigenvalue weighted by Gasteiger charge is -2.38. The van der Waals surface area contributed by atoms with E-state index in [9.17, 15) is 14.7 Å². The Balaban J connectivity index is 0.000000941. The summed E-state index contributed by atoms with van der Waals surface area (Å²) >= 11 is 5.85. The van der Waals surface area contributed by atoms with Crippen LogP contribution in [-0.4, -0.2) is 83.7 Å². The second-order valence-electron chi connectivity index (χ2n) is 7.40. The molecule has 9 heteroatoms. The number of aliphatic hydroxyl groups excluding tert-OH is 1. The van der Waals surface area contributed by atoms with Gasteiger partial charge in [-0.15, -0.1) is 0 Å². The van der Waals surface area contributed by atoms with Gasteiger partial charge in [-0.2, -0.15) is 0 Å². The van der Waals surface area contributed by atoms with Gasteiger partial charge in [0.15, 0.2) is 0 Å². The van der Waals surface area contributed by atoms with Crippen LogP contribution >= 0.6 is 11.6 Å². The highest BCUT2D eigenvalue weighted by Gasteiger charge is 2.36. The van der Waals surface area contributed by atoms with Crippen LogP contribution in [0.3, 0.4) is 0 Å². The highest BCUT2D eigenvalue weighted by atomic mass is 35.5. The maximum absolute atomic E-state index is 12.8. The lowest BCUT2D eigenvalue weighted by Crippen LogP contribution is -2.53. The minimum absolute atomic E-state index is 0.141. The van der Waals surface area contributed by atoms with Gasteiger partial charge in [-0.3, -0.25) is 14.4 Å². The Morgan fingerprint density at radius 2 is 1.72 bits per heavy atom. The SMILES string of the molecule is CN1CCN(C(=O)[C@H]2CC[C@@H](O)[C@H](NC(=O)c3ccc(Cl)cc3)C2)CC1.O=CO. The second kappa shape index (κ2) is 11.1. The van der Waals surface area contributed by atoms with Gasteiger partial charge in [0, 0.05) is 42.7 Å². The minimum atomic E-state index is -0.622. The van der Waals surface area contributed by atoms with Gasteiger partial charge in [0.1, 0.15) is 0 Å². The van der Waals surface area contributed by atoms with E-state index in [0.717, 1.165) is 26.2 Å². The summed E-state index contributed by atoms with van der Waals surface area (Å²) in [6.45, 7) is 3.02. The molecule has 0 spiro atoms. The van der Waals surface area contributed by atoms with Crippen molar-refractivity contribution in [2.24, 2.45) is 5.92 Å². The molecule has 29 heavy (non-hydrogen) atoms. The van der Waals surface area contributed by atoms with Gasteiger partial charge in [0.2, 0.25) is 5.91 Å². The number of carbonyl (C=O) groups excluding carboxylic acids is 2. The first-order chi connectivity index (χ1) is 13.8. The van der Waals surface area contributed by atoms with E-state index in [1.54, 1.807) is 24.3 Å². The van der Waals surface area contributed by atoms with Crippen LogP contribution in [0.15, 0.2) is 24.3 Å². The number of halogens is 1. The van der Waals surface area contributed by atoms with Crippen molar-refractivity contribution in [1.29, 1.82) is 0 Å². The molecular weight excluding hydrogens is 398 g/mol. The molecule has 1 aromatic carbocycles. The molecule has 3 atom stereocenters. The van der Waals surface area contributed by atoms with E-state index in [-0.39, 0.29) is 24.2 Å². The van der Waals surface area contributed by atoms with E-state index in [0.29, 0.717) is 29.8 Å². The summed E-state index contributed by atoms with van der Waals surface area (Å²) in [6, 6.07) is 6.22. The largest absolute Gasteiger partial charge is 0.483 e. The van der Waals surface area contributed by atoms with Crippen molar-refractivity contribution >= 4 is 29.9 Å². The molecule has 1 aliphatic carbocycles. The number of piperazine rings is 1. The number of nitrogens with one attached hydrogen (secondary N) is 1. The van der Waals surface area contributed by atoms with E-state index in [1.807, 2.05) is 4.90 Å². The Labute approximate surface area is 175 Å². The van der Waals surface area contributed by atoms with Crippen LogP contribution in [0.25, 0.3) is 0 Å². The number of aliphatic hydroxyl groups is 1. The molecule has 1 heterocycles. The number of hydrogen-bond donors (Lipinski definition) is 3. The van der Waals surface area contributed by atoms with Crippen LogP contribution in [0.4, 0.5) is 0 Å². The highest BCUT2D eigenvalue weighted by Crippen LogP contribution is 2.27. The van der Waals surface area contributed by atoms with E-state index >= 15 is 0 Å². The van der Waals surface area contributed by atoms with E-state index in [4.69, 9.17) is 21.5 Å². The lowest BCUT2D eigenvalue weighted by atomic mass is 9.82. The summed E-state index contributed by atoms with van der Waals surface area (Å²) < 4.78 is 0. The van der Waals surface area contributed by atoms with Crippen molar-refractivity contribution in [3.63, 3.8) is 0 Å². The zero-order valence-corrected chi connectivity index (χ0v) is 17.2. The average molecular weight is 426 g/mol. The Kier molecular flexibility index (Phi) is 8.88. The fraction of sp³-hybridized carbons (Fsp3) is 0.550. The quantitative estimate of drug-likeness (QED) is 0.625. The van der Waals surface area contributed by atoms with Crippen molar-refractivity contribution < 1.29 is 24.6 Å². The fourth-order valence-corrected chi connectivity index (χ4v) is 3.80. The number of rotatable bonds is 3. The molecule has 160 valence electrons. The van der Waals surface area contributed by atoms with E-state index < -0.39 is 12.1 Å². The number of hydrogen-bond acceptors (Lipinski definition) is 5. The van der Waals surface area contributed by atoms with E-state index in [1.165, 1.54) is 0 Å². The minimum Gasteiger partial charge on any atom is -0.483 e. The fourth-order valence-electron chi connectivity index (χ4n) is 3.67. The standard InChI is InChI=1S/C19H26ClN3O3.CH2O2/c1-22-8-10-23(11-9-22)19(26)14-4-7-17(24)16(12-14)21-18(25)13-2-5-15(20)6-3-13;2-1-3/h2-3,5-6,14,16-17,24H,4,7-12H2,1H3,(H,21,25);1H,(H,2,3)/t14-,16+,17+;/m0./s1. The third-order valence-corrected chi connectivity index (χ3v) is 5.65. The van der Waals surface area contributed by atoms with Gasteiger partial charge in [-0.25, -0.2) is 0 Å². The number of carbonyl (C=O) groups is 3. The van der Waals surface area contributed by atoms with Gasteiger partial charge < -0.3 is 25.3 Å². The van der Waals surface area contributed by atoms with E-state index in [2.05, 4.69) is 17.3 Å². The Bertz CT molecular complexity index is 692. The van der Waals surface area contributed by atoms with Gasteiger partial charge in [-0.1, -0.05) is 11.6 Å². The summed E-state index contributed by atoms with van der Waals surface area (Å²) in [6.07, 6.45) is 1.05. The number of nitrogens with zero attached hydrogens (tertiary/aromatic N) is 2. The Morgan fingerprint density at radius 3 is 2.31 bits per heavy atom. The monoisotopic (exact) mass is 425 g/mol. The third kappa shape index (κ3) is 6.69. The maximum Gasteiger partial charge on any atom is 0.290 e. The smallest absolute Gasteiger partial charge is 0.290 e. The van der Waals surface area contributed by atoms with Crippen LogP contribution in [0.1, 0.15) is 29.6 Å². The maximum atomic E-state index is 12.8. The summed E-state index contributed by atoms with van der Waals surface area (Å²) in [4.78, 5) is 37.7. The Hall–Kier alpha value is -2.16. The topological polar surface area (TPSA) is 110 Å². The molecule has 1 saturated carbocycles. The number of likely N-dealkylation sites (N-methyl/N-ethyl adjacent to an activating group) is 1. The molecule has 0 radical (unpaired) electrons. The zero-order valence-electron chi connectivity index (χ0n) is 16.5. The van der Waals surface area contributed by atoms with Crippen molar-refractivity contribution in [2.75, 3.05) is 33.2 Å². The van der Waals surface area contributed by atoms with Crippen LogP contribution in [0.5, 0.6) is 0 Å². The normalized spacial score (nSPS) is 24.8. The van der Waals surface area contributed by atoms with Crippen molar-refractivity contribution in [2.45, 2.75) is 31.4 Å². The molecule has 8 nitrogen and oxygen atoms in total. The molecule has 2 fully saturated rings. The number of benzene rings is 1. The molecule has 2 amide bonds. The summed E-state index contributed by atoms with van der Waals surface area (Å²) in [7, 11) is 2.06. The molecule has 3 rings (SSSR count). The molecule has 0 aromatic heterocycles. The average Bonchev–Trinajstić information content (AvgIpc) is 2.71. The Morgan fingerprint density at radius 1 is 1.14 bits per heavy atom. The predicted molar refractivity (Wildman–Crippen MR) is 109 cm³/mol. The molecule has 2 aliphatic rings. The van der Waals surface area contributed by atoms with Crippen LogP contribution in [0.2, 0.25) is 5.02 Å². The van der Waals surface area contributed by atoms with Gasteiger partial charge in [0.25, 0.3) is 12.4 Å². The third-order valence-electron chi connectivity index (χ3n) is 5.40. The van der Waals surface area contributed by atoms with Crippen molar-refractivity contribution in [3.05, 3.63) is 34.9 Å². The molecule has 3 N–H and O–H groups in total. The summed E-state index contributed by atoms with van der Waals surface area (Å²) in [5, 5.41) is 20.6. The highest BCUT2D eigenvalue weighted by molar-refractivity contribution is 6.30. The van der Waals surface area contributed by atoms with Crippen LogP contribution < -0.4 is 5.32 Å². The molecule has 1 saturated heterocycles.